The first-order chi connectivity index (χ1) is 11.7. The van der Waals surface area contributed by atoms with Crippen LogP contribution in [0.1, 0.15) is 71.6 Å². The molecule has 0 radical (unpaired) electrons. The summed E-state index contributed by atoms with van der Waals surface area (Å²) in [5.74, 6) is 0.949. The number of piperidine rings is 1. The fourth-order valence-electron chi connectivity index (χ4n) is 3.84. The molecular weight excluding hydrogens is 300 g/mol. The zero-order valence-electron chi connectivity index (χ0n) is 15.8. The summed E-state index contributed by atoms with van der Waals surface area (Å²) in [7, 11) is 0. The van der Waals surface area contributed by atoms with Crippen LogP contribution in [0.15, 0.2) is 4.99 Å². The summed E-state index contributed by atoms with van der Waals surface area (Å²) in [4.78, 5) is 7.38. The van der Waals surface area contributed by atoms with Crippen molar-refractivity contribution < 1.29 is 5.11 Å². The Hall–Kier alpha value is -0.810. The largest absolute Gasteiger partial charge is 0.393 e. The highest BCUT2D eigenvalue weighted by atomic mass is 16.3. The summed E-state index contributed by atoms with van der Waals surface area (Å²) < 4.78 is 0. The molecule has 1 saturated heterocycles. The van der Waals surface area contributed by atoms with E-state index < -0.39 is 0 Å². The second-order valence-corrected chi connectivity index (χ2v) is 7.50. The van der Waals surface area contributed by atoms with Gasteiger partial charge in [0.1, 0.15) is 0 Å². The van der Waals surface area contributed by atoms with Gasteiger partial charge in [-0.2, -0.15) is 0 Å². The predicted molar refractivity (Wildman–Crippen MR) is 101 cm³/mol. The molecule has 140 valence electrons. The van der Waals surface area contributed by atoms with Gasteiger partial charge in [-0.3, -0.25) is 4.99 Å². The number of aliphatic hydroxyl groups is 1. The third-order valence-corrected chi connectivity index (χ3v) is 5.45. The Bertz CT molecular complexity index is 366. The average molecular weight is 339 g/mol. The summed E-state index contributed by atoms with van der Waals surface area (Å²) in [6.07, 6.45) is 10.3. The van der Waals surface area contributed by atoms with Gasteiger partial charge in [0.2, 0.25) is 0 Å². The lowest BCUT2D eigenvalue weighted by atomic mass is 9.93. The molecule has 0 aromatic heterocycles. The second-order valence-electron chi connectivity index (χ2n) is 7.50. The highest BCUT2D eigenvalue weighted by Crippen LogP contribution is 2.18. The predicted octanol–water partition coefficient (Wildman–Crippen LogP) is 2.50. The van der Waals surface area contributed by atoms with Gasteiger partial charge >= 0.3 is 0 Å². The maximum absolute atomic E-state index is 9.61. The highest BCUT2D eigenvalue weighted by Gasteiger charge is 2.20. The molecule has 3 N–H and O–H groups in total. The number of aliphatic imine (C=N–C) groups is 1. The van der Waals surface area contributed by atoms with E-state index in [-0.39, 0.29) is 6.10 Å². The van der Waals surface area contributed by atoms with Crippen molar-refractivity contribution >= 4 is 5.96 Å². The van der Waals surface area contributed by atoms with Crippen molar-refractivity contribution in [3.8, 4) is 0 Å². The lowest BCUT2D eigenvalue weighted by Gasteiger charge is -2.33. The molecule has 0 bridgehead atoms. The van der Waals surface area contributed by atoms with Gasteiger partial charge in [0.25, 0.3) is 0 Å². The topological polar surface area (TPSA) is 59.9 Å². The van der Waals surface area contributed by atoms with Gasteiger partial charge in [0.15, 0.2) is 5.96 Å². The van der Waals surface area contributed by atoms with Crippen molar-refractivity contribution in [2.75, 3.05) is 26.2 Å². The van der Waals surface area contributed by atoms with Gasteiger partial charge in [-0.15, -0.1) is 0 Å². The smallest absolute Gasteiger partial charge is 0.191 e. The minimum absolute atomic E-state index is 0.0975. The molecule has 5 heteroatoms. The molecule has 1 aliphatic heterocycles. The van der Waals surface area contributed by atoms with Crippen molar-refractivity contribution in [3.63, 3.8) is 0 Å². The van der Waals surface area contributed by atoms with Crippen LogP contribution in [0, 0.1) is 0 Å². The number of hydrogen-bond acceptors (Lipinski definition) is 3. The average Bonchev–Trinajstić information content (AvgIpc) is 2.58. The number of nitrogens with one attached hydrogen (secondary N) is 2. The SMILES string of the molecule is CCNC(=NCCCCN1CCCCC1C)NC1CCC(O)CC1. The van der Waals surface area contributed by atoms with Gasteiger partial charge < -0.3 is 20.6 Å². The van der Waals surface area contributed by atoms with Crippen LogP contribution >= 0.6 is 0 Å². The Morgan fingerprint density at radius 1 is 1.12 bits per heavy atom. The number of unbranched alkanes of at least 4 members (excludes halogenated alkanes) is 1. The number of aliphatic hydroxyl groups excluding tert-OH is 1. The molecule has 0 amide bonds. The van der Waals surface area contributed by atoms with Crippen molar-refractivity contribution in [1.29, 1.82) is 0 Å². The van der Waals surface area contributed by atoms with Crippen molar-refractivity contribution in [2.24, 2.45) is 4.99 Å². The van der Waals surface area contributed by atoms with Crippen LogP contribution in [0.5, 0.6) is 0 Å². The monoisotopic (exact) mass is 338 g/mol. The van der Waals surface area contributed by atoms with E-state index in [1.807, 2.05) is 0 Å². The van der Waals surface area contributed by atoms with E-state index in [0.29, 0.717) is 6.04 Å². The first-order valence-corrected chi connectivity index (χ1v) is 10.2. The molecule has 0 spiro atoms. The first kappa shape index (κ1) is 19.5. The van der Waals surface area contributed by atoms with Crippen LogP contribution in [0.2, 0.25) is 0 Å². The van der Waals surface area contributed by atoms with Gasteiger partial charge in [0, 0.05) is 25.2 Å². The molecular formula is C19H38N4O. The molecule has 2 aliphatic rings. The fraction of sp³-hybridized carbons (Fsp3) is 0.947. The number of hydrogen-bond donors (Lipinski definition) is 3. The molecule has 1 atom stereocenters. The molecule has 1 heterocycles. The number of rotatable bonds is 7. The van der Waals surface area contributed by atoms with Crippen LogP contribution in [0.3, 0.4) is 0 Å². The quantitative estimate of drug-likeness (QED) is 0.379. The van der Waals surface area contributed by atoms with Crippen molar-refractivity contribution in [3.05, 3.63) is 0 Å². The Labute approximate surface area is 148 Å². The van der Waals surface area contributed by atoms with Gasteiger partial charge in [0.05, 0.1) is 6.10 Å². The van der Waals surface area contributed by atoms with Crippen LogP contribution in [0.4, 0.5) is 0 Å². The minimum atomic E-state index is -0.0975. The summed E-state index contributed by atoms with van der Waals surface area (Å²) in [5, 5.41) is 16.5. The summed E-state index contributed by atoms with van der Waals surface area (Å²) >= 11 is 0. The van der Waals surface area contributed by atoms with E-state index in [9.17, 15) is 5.11 Å². The van der Waals surface area contributed by atoms with Gasteiger partial charge in [-0.1, -0.05) is 6.42 Å². The number of guanidine groups is 1. The standard InChI is InChI=1S/C19H38N4O/c1-3-20-19(22-17-9-11-18(24)12-10-17)21-13-5-7-15-23-14-6-4-8-16(23)2/h16-18,24H,3-15H2,1-2H3,(H2,20,21,22). The second kappa shape index (κ2) is 10.9. The highest BCUT2D eigenvalue weighted by molar-refractivity contribution is 5.80. The molecule has 24 heavy (non-hydrogen) atoms. The van der Waals surface area contributed by atoms with E-state index in [2.05, 4.69) is 29.4 Å². The number of nitrogens with zero attached hydrogens (tertiary/aromatic N) is 2. The van der Waals surface area contributed by atoms with Gasteiger partial charge in [-0.05, 0) is 78.3 Å². The summed E-state index contributed by atoms with van der Waals surface area (Å²) in [6, 6.07) is 1.23. The molecule has 2 fully saturated rings. The molecule has 1 unspecified atom stereocenters. The molecule has 5 nitrogen and oxygen atoms in total. The van der Waals surface area contributed by atoms with Crippen molar-refractivity contribution in [1.82, 2.24) is 15.5 Å². The zero-order valence-corrected chi connectivity index (χ0v) is 15.8. The molecule has 1 saturated carbocycles. The summed E-state index contributed by atoms with van der Waals surface area (Å²) in [5.41, 5.74) is 0. The van der Waals surface area contributed by atoms with Crippen LogP contribution in [-0.2, 0) is 0 Å². The Morgan fingerprint density at radius 3 is 2.62 bits per heavy atom. The van der Waals surface area contributed by atoms with Crippen LogP contribution in [0.25, 0.3) is 0 Å². The maximum Gasteiger partial charge on any atom is 0.191 e. The zero-order chi connectivity index (χ0) is 17.2. The van der Waals surface area contributed by atoms with Crippen LogP contribution < -0.4 is 10.6 Å². The van der Waals surface area contributed by atoms with E-state index >= 15 is 0 Å². The Balaban J connectivity index is 1.65. The Kier molecular flexibility index (Phi) is 8.89. The van der Waals surface area contributed by atoms with E-state index in [4.69, 9.17) is 4.99 Å². The van der Waals surface area contributed by atoms with Crippen LogP contribution in [-0.4, -0.2) is 60.3 Å². The number of likely N-dealkylation sites (tertiary alicyclic amines) is 1. The first-order valence-electron chi connectivity index (χ1n) is 10.2. The minimum Gasteiger partial charge on any atom is -0.393 e. The lowest BCUT2D eigenvalue weighted by Crippen LogP contribution is -2.45. The van der Waals surface area contributed by atoms with E-state index in [0.717, 1.165) is 57.2 Å². The normalized spacial score (nSPS) is 29.5. The van der Waals surface area contributed by atoms with Gasteiger partial charge in [-0.25, -0.2) is 0 Å². The van der Waals surface area contributed by atoms with Crippen molar-refractivity contribution in [2.45, 2.75) is 89.8 Å². The van der Waals surface area contributed by atoms with E-state index in [1.165, 1.54) is 38.8 Å². The van der Waals surface area contributed by atoms with E-state index in [1.54, 1.807) is 0 Å². The molecule has 2 rings (SSSR count). The Morgan fingerprint density at radius 2 is 1.92 bits per heavy atom. The third-order valence-electron chi connectivity index (χ3n) is 5.45. The molecule has 1 aliphatic carbocycles. The molecule has 0 aromatic rings. The third kappa shape index (κ3) is 6.98. The fourth-order valence-corrected chi connectivity index (χ4v) is 3.84. The lowest BCUT2D eigenvalue weighted by molar-refractivity contribution is 0.120. The summed E-state index contributed by atoms with van der Waals surface area (Å²) in [6.45, 7) is 8.77. The maximum atomic E-state index is 9.61. The molecule has 0 aromatic carbocycles.